The average Bonchev–Trinajstić information content (AvgIpc) is 2.31. The number of carbonyl (C=O) groups is 2. The molecule has 0 radical (unpaired) electrons. The number of nitrogens with one attached hydrogen (secondary N) is 1. The molecule has 4 heteroatoms. The summed E-state index contributed by atoms with van der Waals surface area (Å²) in [7, 11) is 0. The van der Waals surface area contributed by atoms with E-state index in [9.17, 15) is 9.59 Å². The van der Waals surface area contributed by atoms with Gasteiger partial charge in [-0.15, -0.1) is 0 Å². The second kappa shape index (κ2) is 5.93. The first-order valence-electron chi connectivity index (χ1n) is 7.32. The van der Waals surface area contributed by atoms with Crippen molar-refractivity contribution in [2.24, 2.45) is 11.3 Å². The Labute approximate surface area is 116 Å². The Kier molecular flexibility index (Phi) is 4.99. The molecule has 1 heterocycles. The predicted molar refractivity (Wildman–Crippen MR) is 76.6 cm³/mol. The van der Waals surface area contributed by atoms with Gasteiger partial charge in [0.05, 0.1) is 6.54 Å². The van der Waals surface area contributed by atoms with Crippen LogP contribution in [0.3, 0.4) is 0 Å². The standard InChI is InChI=1S/C15H28N2O2/c1-7-11(8-2)10(3)17-9-12(18)16-13(14(17)19)15(4,5)6/h10-11,13H,7-9H2,1-6H3,(H,16,18). The van der Waals surface area contributed by atoms with Crippen LogP contribution in [0.15, 0.2) is 0 Å². The van der Waals surface area contributed by atoms with E-state index in [1.54, 1.807) is 4.90 Å². The van der Waals surface area contributed by atoms with E-state index >= 15 is 0 Å². The molecular weight excluding hydrogens is 240 g/mol. The molecule has 4 nitrogen and oxygen atoms in total. The fourth-order valence-corrected chi connectivity index (χ4v) is 2.82. The largest absolute Gasteiger partial charge is 0.342 e. The minimum atomic E-state index is -0.412. The van der Waals surface area contributed by atoms with Crippen molar-refractivity contribution in [3.63, 3.8) is 0 Å². The lowest BCUT2D eigenvalue weighted by molar-refractivity contribution is -0.150. The molecule has 2 amide bonds. The molecule has 2 unspecified atom stereocenters. The van der Waals surface area contributed by atoms with Gasteiger partial charge in [-0.25, -0.2) is 0 Å². The van der Waals surface area contributed by atoms with Crippen LogP contribution in [-0.4, -0.2) is 35.3 Å². The molecule has 0 spiro atoms. The highest BCUT2D eigenvalue weighted by Gasteiger charge is 2.42. The van der Waals surface area contributed by atoms with Crippen LogP contribution in [0.5, 0.6) is 0 Å². The minimum absolute atomic E-state index is 0.0441. The van der Waals surface area contributed by atoms with Gasteiger partial charge >= 0.3 is 0 Å². The Morgan fingerprint density at radius 1 is 1.26 bits per heavy atom. The lowest BCUT2D eigenvalue weighted by atomic mass is 9.83. The van der Waals surface area contributed by atoms with Crippen LogP contribution in [0, 0.1) is 11.3 Å². The maximum atomic E-state index is 12.6. The molecule has 1 N–H and O–H groups in total. The van der Waals surface area contributed by atoms with Crippen molar-refractivity contribution in [3.05, 3.63) is 0 Å². The van der Waals surface area contributed by atoms with E-state index < -0.39 is 6.04 Å². The number of amides is 2. The van der Waals surface area contributed by atoms with E-state index in [1.165, 1.54) is 0 Å². The van der Waals surface area contributed by atoms with Crippen molar-refractivity contribution >= 4 is 11.8 Å². The quantitative estimate of drug-likeness (QED) is 0.849. The van der Waals surface area contributed by atoms with Gasteiger partial charge in [-0.1, -0.05) is 47.5 Å². The summed E-state index contributed by atoms with van der Waals surface area (Å²) in [6.07, 6.45) is 2.06. The van der Waals surface area contributed by atoms with E-state index in [1.807, 2.05) is 20.8 Å². The van der Waals surface area contributed by atoms with Crippen molar-refractivity contribution in [3.8, 4) is 0 Å². The molecule has 1 fully saturated rings. The summed E-state index contributed by atoms with van der Waals surface area (Å²) < 4.78 is 0. The van der Waals surface area contributed by atoms with E-state index in [0.29, 0.717) is 5.92 Å². The molecule has 0 saturated carbocycles. The third kappa shape index (κ3) is 3.48. The minimum Gasteiger partial charge on any atom is -0.342 e. The van der Waals surface area contributed by atoms with Crippen molar-refractivity contribution in [2.45, 2.75) is 66.5 Å². The third-order valence-electron chi connectivity index (χ3n) is 4.24. The zero-order valence-electron chi connectivity index (χ0n) is 13.1. The van der Waals surface area contributed by atoms with Crippen LogP contribution < -0.4 is 5.32 Å². The molecule has 1 aliphatic rings. The van der Waals surface area contributed by atoms with Crippen molar-refractivity contribution in [1.82, 2.24) is 10.2 Å². The molecule has 0 aromatic heterocycles. The monoisotopic (exact) mass is 268 g/mol. The first kappa shape index (κ1) is 16.0. The molecule has 1 saturated heterocycles. The summed E-state index contributed by atoms with van der Waals surface area (Å²) in [4.78, 5) is 26.3. The van der Waals surface area contributed by atoms with Gasteiger partial charge in [-0.2, -0.15) is 0 Å². The number of rotatable bonds is 4. The van der Waals surface area contributed by atoms with Crippen LogP contribution in [-0.2, 0) is 9.59 Å². The number of hydrogen-bond acceptors (Lipinski definition) is 2. The lowest BCUT2D eigenvalue weighted by Crippen LogP contribution is -2.64. The topological polar surface area (TPSA) is 49.4 Å². The van der Waals surface area contributed by atoms with Crippen LogP contribution in [0.25, 0.3) is 0 Å². The van der Waals surface area contributed by atoms with Crippen LogP contribution >= 0.6 is 0 Å². The molecule has 1 rings (SSSR count). The van der Waals surface area contributed by atoms with Gasteiger partial charge < -0.3 is 10.2 Å². The molecule has 2 atom stereocenters. The highest BCUT2D eigenvalue weighted by molar-refractivity contribution is 5.95. The molecule has 0 aromatic carbocycles. The van der Waals surface area contributed by atoms with Crippen molar-refractivity contribution < 1.29 is 9.59 Å². The summed E-state index contributed by atoms with van der Waals surface area (Å²) in [6.45, 7) is 12.5. The third-order valence-corrected chi connectivity index (χ3v) is 4.24. The molecule has 0 bridgehead atoms. The van der Waals surface area contributed by atoms with E-state index in [2.05, 4.69) is 26.1 Å². The summed E-state index contributed by atoms with van der Waals surface area (Å²) in [5.41, 5.74) is -0.251. The van der Waals surface area contributed by atoms with Gasteiger partial charge in [0.2, 0.25) is 11.8 Å². The van der Waals surface area contributed by atoms with Crippen molar-refractivity contribution in [1.29, 1.82) is 0 Å². The maximum Gasteiger partial charge on any atom is 0.246 e. The van der Waals surface area contributed by atoms with Gasteiger partial charge in [-0.3, -0.25) is 9.59 Å². The van der Waals surface area contributed by atoms with Crippen molar-refractivity contribution in [2.75, 3.05) is 6.54 Å². The maximum absolute atomic E-state index is 12.6. The fraction of sp³-hybridized carbons (Fsp3) is 0.867. The highest BCUT2D eigenvalue weighted by atomic mass is 16.2. The summed E-state index contributed by atoms with van der Waals surface area (Å²) >= 11 is 0. The summed E-state index contributed by atoms with van der Waals surface area (Å²) in [5, 5.41) is 2.84. The average molecular weight is 268 g/mol. The smallest absolute Gasteiger partial charge is 0.246 e. The van der Waals surface area contributed by atoms with Crippen LogP contribution in [0.2, 0.25) is 0 Å². The molecule has 0 aliphatic carbocycles. The molecule has 110 valence electrons. The Hall–Kier alpha value is -1.06. The fourth-order valence-electron chi connectivity index (χ4n) is 2.82. The highest BCUT2D eigenvalue weighted by Crippen LogP contribution is 2.27. The Balaban J connectivity index is 2.94. The zero-order chi connectivity index (χ0) is 14.8. The second-order valence-corrected chi connectivity index (χ2v) is 6.65. The first-order valence-corrected chi connectivity index (χ1v) is 7.32. The normalized spacial score (nSPS) is 22.7. The Morgan fingerprint density at radius 3 is 2.21 bits per heavy atom. The Morgan fingerprint density at radius 2 is 1.79 bits per heavy atom. The van der Waals surface area contributed by atoms with Gasteiger partial charge in [0.1, 0.15) is 6.04 Å². The second-order valence-electron chi connectivity index (χ2n) is 6.65. The van der Waals surface area contributed by atoms with Crippen LogP contribution in [0.4, 0.5) is 0 Å². The van der Waals surface area contributed by atoms with Crippen LogP contribution in [0.1, 0.15) is 54.4 Å². The van der Waals surface area contributed by atoms with Gasteiger partial charge in [-0.05, 0) is 18.3 Å². The number of carbonyl (C=O) groups excluding carboxylic acids is 2. The Bertz CT molecular complexity index is 343. The molecule has 19 heavy (non-hydrogen) atoms. The van der Waals surface area contributed by atoms with Gasteiger partial charge in [0, 0.05) is 6.04 Å². The molecular formula is C15H28N2O2. The lowest BCUT2D eigenvalue weighted by Gasteiger charge is -2.43. The SMILES string of the molecule is CCC(CC)C(C)N1CC(=O)NC(C(C)(C)C)C1=O. The molecule has 0 aromatic rings. The van der Waals surface area contributed by atoms with E-state index in [4.69, 9.17) is 0 Å². The molecule has 1 aliphatic heterocycles. The number of hydrogen-bond donors (Lipinski definition) is 1. The number of nitrogens with zero attached hydrogens (tertiary/aromatic N) is 1. The number of piperazine rings is 1. The summed E-state index contributed by atoms with van der Waals surface area (Å²) in [5.74, 6) is 0.472. The van der Waals surface area contributed by atoms with E-state index in [-0.39, 0.29) is 29.8 Å². The predicted octanol–water partition coefficient (Wildman–Crippen LogP) is 2.18. The first-order chi connectivity index (χ1) is 8.72. The van der Waals surface area contributed by atoms with Gasteiger partial charge in [0.15, 0.2) is 0 Å². The zero-order valence-corrected chi connectivity index (χ0v) is 13.1. The summed E-state index contributed by atoms with van der Waals surface area (Å²) in [6, 6.07) is -0.288. The van der Waals surface area contributed by atoms with Gasteiger partial charge in [0.25, 0.3) is 0 Å². The van der Waals surface area contributed by atoms with E-state index in [0.717, 1.165) is 12.8 Å².